The van der Waals surface area contributed by atoms with Gasteiger partial charge in [0.05, 0.1) is 6.54 Å². The minimum absolute atomic E-state index is 0.399. The molecule has 1 aromatic carbocycles. The lowest BCUT2D eigenvalue weighted by Crippen LogP contribution is -2.26. The summed E-state index contributed by atoms with van der Waals surface area (Å²) in [5.41, 5.74) is 1.42. The topological polar surface area (TPSA) is 42.7 Å². The maximum atomic E-state index is 4.22. The number of aromatic nitrogens is 3. The van der Waals surface area contributed by atoms with E-state index in [1.54, 1.807) is 0 Å². The van der Waals surface area contributed by atoms with E-state index in [4.69, 9.17) is 0 Å². The van der Waals surface area contributed by atoms with Crippen molar-refractivity contribution < 1.29 is 0 Å². The van der Waals surface area contributed by atoms with E-state index < -0.39 is 0 Å². The van der Waals surface area contributed by atoms with E-state index in [1.165, 1.54) is 16.2 Å². The van der Waals surface area contributed by atoms with Gasteiger partial charge in [0.2, 0.25) is 0 Å². The molecule has 5 heteroatoms. The summed E-state index contributed by atoms with van der Waals surface area (Å²) in [6.45, 7) is 5.07. The smallest absolute Gasteiger partial charge is 0.147 e. The molecule has 106 valence electrons. The van der Waals surface area contributed by atoms with Crippen LogP contribution in [-0.2, 0) is 6.54 Å². The highest BCUT2D eigenvalue weighted by Crippen LogP contribution is 2.35. The van der Waals surface area contributed by atoms with Gasteiger partial charge in [0, 0.05) is 17.0 Å². The molecule has 0 amide bonds. The second-order valence-corrected chi connectivity index (χ2v) is 6.49. The largest absolute Gasteiger partial charge is 0.314 e. The molecule has 4 nitrogen and oxygen atoms in total. The van der Waals surface area contributed by atoms with E-state index in [1.807, 2.05) is 18.1 Å². The number of hydrogen-bond donors (Lipinski definition) is 1. The molecule has 0 unspecified atom stereocenters. The van der Waals surface area contributed by atoms with E-state index in [9.17, 15) is 0 Å². The van der Waals surface area contributed by atoms with Crippen LogP contribution in [0, 0.1) is 0 Å². The van der Waals surface area contributed by atoms with Gasteiger partial charge in [-0.1, -0.05) is 18.2 Å². The molecule has 1 atom stereocenters. The van der Waals surface area contributed by atoms with E-state index in [2.05, 4.69) is 58.2 Å². The lowest BCUT2D eigenvalue weighted by atomic mass is 10.0. The van der Waals surface area contributed by atoms with Crippen molar-refractivity contribution in [3.05, 3.63) is 42.0 Å². The highest BCUT2D eigenvalue weighted by Gasteiger charge is 2.20. The van der Waals surface area contributed by atoms with Crippen molar-refractivity contribution in [2.75, 3.05) is 5.75 Å². The monoisotopic (exact) mass is 288 g/mol. The van der Waals surface area contributed by atoms with Gasteiger partial charge in [-0.2, -0.15) is 0 Å². The quantitative estimate of drug-likeness (QED) is 0.938. The normalized spacial score (nSPS) is 18.2. The second-order valence-electron chi connectivity index (χ2n) is 5.36. The summed E-state index contributed by atoms with van der Waals surface area (Å²) in [5.74, 6) is 2.18. The van der Waals surface area contributed by atoms with Gasteiger partial charge < -0.3 is 9.88 Å². The molecule has 0 bridgehead atoms. The van der Waals surface area contributed by atoms with Gasteiger partial charge in [0.15, 0.2) is 0 Å². The Hall–Kier alpha value is -1.33. The first kappa shape index (κ1) is 13.6. The van der Waals surface area contributed by atoms with Crippen LogP contribution in [0.5, 0.6) is 0 Å². The Kier molecular flexibility index (Phi) is 4.08. The van der Waals surface area contributed by atoms with Crippen molar-refractivity contribution in [3.8, 4) is 0 Å². The molecule has 0 spiro atoms. The Balaban J connectivity index is 1.72. The zero-order valence-corrected chi connectivity index (χ0v) is 12.7. The minimum atomic E-state index is 0.399. The van der Waals surface area contributed by atoms with Crippen molar-refractivity contribution in [1.29, 1.82) is 0 Å². The summed E-state index contributed by atoms with van der Waals surface area (Å²) >= 11 is 1.95. The van der Waals surface area contributed by atoms with Gasteiger partial charge in [0.1, 0.15) is 12.2 Å². The van der Waals surface area contributed by atoms with Crippen LogP contribution in [0.1, 0.15) is 43.7 Å². The molecule has 0 fully saturated rings. The van der Waals surface area contributed by atoms with Gasteiger partial charge in [0.25, 0.3) is 0 Å². The molecule has 0 radical (unpaired) electrons. The number of fused-ring (bicyclic) bond motifs is 1. The molecule has 0 saturated carbocycles. The van der Waals surface area contributed by atoms with E-state index >= 15 is 0 Å². The Morgan fingerprint density at radius 3 is 3.10 bits per heavy atom. The highest BCUT2D eigenvalue weighted by molar-refractivity contribution is 7.99. The molecule has 1 aliphatic heterocycles. The van der Waals surface area contributed by atoms with Crippen molar-refractivity contribution in [2.24, 2.45) is 0 Å². The highest BCUT2D eigenvalue weighted by atomic mass is 32.2. The van der Waals surface area contributed by atoms with Gasteiger partial charge in [-0.3, -0.25) is 0 Å². The van der Waals surface area contributed by atoms with Crippen LogP contribution in [0.15, 0.2) is 35.5 Å². The van der Waals surface area contributed by atoms with Gasteiger partial charge in [-0.15, -0.1) is 22.0 Å². The molecule has 20 heavy (non-hydrogen) atoms. The van der Waals surface area contributed by atoms with Gasteiger partial charge in [-0.05, 0) is 37.7 Å². The van der Waals surface area contributed by atoms with Crippen molar-refractivity contribution in [2.45, 2.75) is 43.8 Å². The SMILES string of the molecule is CC(C)n1cnnc1CN[C@@H]1CCSc2ccccc21. The number of thioether (sulfide) groups is 1. The van der Waals surface area contributed by atoms with Crippen molar-refractivity contribution >= 4 is 11.8 Å². The summed E-state index contributed by atoms with van der Waals surface area (Å²) in [4.78, 5) is 1.40. The molecule has 2 heterocycles. The summed E-state index contributed by atoms with van der Waals surface area (Å²) in [7, 11) is 0. The van der Waals surface area contributed by atoms with Crippen LogP contribution in [-0.4, -0.2) is 20.5 Å². The predicted octanol–water partition coefficient (Wildman–Crippen LogP) is 3.19. The predicted molar refractivity (Wildman–Crippen MR) is 81.8 cm³/mol. The van der Waals surface area contributed by atoms with E-state index in [0.717, 1.165) is 18.8 Å². The summed E-state index contributed by atoms with van der Waals surface area (Å²) < 4.78 is 2.12. The number of rotatable bonds is 4. The van der Waals surface area contributed by atoms with Crippen molar-refractivity contribution in [3.63, 3.8) is 0 Å². The van der Waals surface area contributed by atoms with E-state index in [0.29, 0.717) is 12.1 Å². The third kappa shape index (κ3) is 2.74. The molecule has 0 aliphatic carbocycles. The Labute approximate surface area is 124 Å². The maximum absolute atomic E-state index is 4.22. The zero-order chi connectivity index (χ0) is 13.9. The Morgan fingerprint density at radius 1 is 1.40 bits per heavy atom. The zero-order valence-electron chi connectivity index (χ0n) is 11.9. The maximum Gasteiger partial charge on any atom is 0.147 e. The number of nitrogens with zero attached hydrogens (tertiary/aromatic N) is 3. The molecule has 1 N–H and O–H groups in total. The second kappa shape index (κ2) is 5.97. The summed E-state index contributed by atoms with van der Waals surface area (Å²) in [6, 6.07) is 9.50. The first-order chi connectivity index (χ1) is 9.75. The molecule has 0 saturated heterocycles. The van der Waals surface area contributed by atoms with Gasteiger partial charge in [-0.25, -0.2) is 0 Å². The van der Waals surface area contributed by atoms with Crippen LogP contribution in [0.4, 0.5) is 0 Å². The van der Waals surface area contributed by atoms with Crippen LogP contribution >= 0.6 is 11.8 Å². The lowest BCUT2D eigenvalue weighted by molar-refractivity contribution is 0.475. The molecular weight excluding hydrogens is 268 g/mol. The van der Waals surface area contributed by atoms with Crippen molar-refractivity contribution in [1.82, 2.24) is 20.1 Å². The van der Waals surface area contributed by atoms with Crippen LogP contribution in [0.3, 0.4) is 0 Å². The number of benzene rings is 1. The third-order valence-corrected chi connectivity index (χ3v) is 4.79. The summed E-state index contributed by atoms with van der Waals surface area (Å²) in [5, 5.41) is 11.9. The molecule has 1 aromatic heterocycles. The number of hydrogen-bond acceptors (Lipinski definition) is 4. The Bertz CT molecular complexity index is 579. The third-order valence-electron chi connectivity index (χ3n) is 3.67. The fourth-order valence-electron chi connectivity index (χ4n) is 2.59. The lowest BCUT2D eigenvalue weighted by Gasteiger charge is -2.26. The van der Waals surface area contributed by atoms with Crippen LogP contribution in [0.25, 0.3) is 0 Å². The minimum Gasteiger partial charge on any atom is -0.314 e. The van der Waals surface area contributed by atoms with Gasteiger partial charge >= 0.3 is 0 Å². The molecule has 2 aromatic rings. The first-order valence-electron chi connectivity index (χ1n) is 7.09. The standard InChI is InChI=1S/C15H20N4S/c1-11(2)19-10-17-18-15(19)9-16-13-7-8-20-14-6-4-3-5-12(13)14/h3-6,10-11,13,16H,7-9H2,1-2H3/t13-/m1/s1. The average molecular weight is 288 g/mol. The molecule has 1 aliphatic rings. The number of nitrogens with one attached hydrogen (secondary N) is 1. The first-order valence-corrected chi connectivity index (χ1v) is 8.07. The van der Waals surface area contributed by atoms with Crippen LogP contribution in [0.2, 0.25) is 0 Å². The summed E-state index contributed by atoms with van der Waals surface area (Å²) in [6.07, 6.45) is 2.98. The molecular formula is C15H20N4S. The fraction of sp³-hybridized carbons (Fsp3) is 0.467. The molecule has 3 rings (SSSR count). The Morgan fingerprint density at radius 2 is 2.25 bits per heavy atom. The average Bonchev–Trinajstić information content (AvgIpc) is 2.93. The van der Waals surface area contributed by atoms with E-state index in [-0.39, 0.29) is 0 Å². The van der Waals surface area contributed by atoms with Crippen LogP contribution < -0.4 is 5.32 Å². The fourth-order valence-corrected chi connectivity index (χ4v) is 3.72.